The normalized spacial score (nSPS) is 16.1. The highest BCUT2D eigenvalue weighted by Crippen LogP contribution is 2.30. The number of nitrogens with zero attached hydrogens (tertiary/aromatic N) is 3. The van der Waals surface area contributed by atoms with Gasteiger partial charge in [-0.3, -0.25) is 14.4 Å². The number of rotatable bonds is 3. The molecule has 2 amide bonds. The van der Waals surface area contributed by atoms with Gasteiger partial charge < -0.3 is 20.1 Å². The second-order valence-electron chi connectivity index (χ2n) is 7.63. The Hall–Kier alpha value is -2.80. The smallest absolute Gasteiger partial charge is 0.263 e. The molecule has 1 aromatic carbocycles. The van der Waals surface area contributed by atoms with Gasteiger partial charge in [0, 0.05) is 45.0 Å². The Balaban J connectivity index is 1.60. The Labute approximate surface area is 173 Å². The number of carbonyl (C=O) groups is 2. The molecule has 29 heavy (non-hydrogen) atoms. The van der Waals surface area contributed by atoms with Gasteiger partial charge >= 0.3 is 0 Å². The van der Waals surface area contributed by atoms with Gasteiger partial charge in [-0.1, -0.05) is 11.6 Å². The fraction of sp³-hybridized carbons (Fsp3) is 0.381. The highest BCUT2D eigenvalue weighted by Gasteiger charge is 2.27. The van der Waals surface area contributed by atoms with E-state index in [0.29, 0.717) is 35.7 Å². The van der Waals surface area contributed by atoms with Gasteiger partial charge in [0.15, 0.2) is 0 Å². The Bertz CT molecular complexity index is 1060. The van der Waals surface area contributed by atoms with Crippen LogP contribution in [0.4, 0.5) is 5.69 Å². The first-order valence-electron chi connectivity index (χ1n) is 9.71. The van der Waals surface area contributed by atoms with Crippen LogP contribution >= 0.6 is 11.6 Å². The summed E-state index contributed by atoms with van der Waals surface area (Å²) < 4.78 is 1.34. The van der Waals surface area contributed by atoms with Crippen LogP contribution in [0.25, 0.3) is 0 Å². The molecule has 7 nitrogen and oxygen atoms in total. The number of aryl methyl sites for hydroxylation is 1. The number of hydrogen-bond donors (Lipinski definition) is 1. The molecule has 2 aromatic rings. The van der Waals surface area contributed by atoms with E-state index in [1.807, 2.05) is 12.1 Å². The molecule has 152 valence electrons. The number of benzene rings is 1. The van der Waals surface area contributed by atoms with Crippen LogP contribution in [0.2, 0.25) is 5.02 Å². The minimum Gasteiger partial charge on any atom is -0.370 e. The predicted molar refractivity (Wildman–Crippen MR) is 112 cm³/mol. The molecule has 0 atom stereocenters. The number of amides is 2. The van der Waals surface area contributed by atoms with Gasteiger partial charge in [0.05, 0.1) is 10.7 Å². The van der Waals surface area contributed by atoms with E-state index in [1.54, 1.807) is 24.2 Å². The van der Waals surface area contributed by atoms with Gasteiger partial charge in [-0.25, -0.2) is 0 Å². The van der Waals surface area contributed by atoms with Crippen molar-refractivity contribution in [3.05, 3.63) is 62.0 Å². The summed E-state index contributed by atoms with van der Waals surface area (Å²) in [6, 6.07) is 5.45. The van der Waals surface area contributed by atoms with Crippen molar-refractivity contribution in [1.29, 1.82) is 0 Å². The molecule has 0 aliphatic carbocycles. The number of hydrogen-bond acceptors (Lipinski definition) is 4. The molecule has 1 saturated heterocycles. The molecule has 2 aliphatic rings. The first-order valence-corrected chi connectivity index (χ1v) is 10.1. The summed E-state index contributed by atoms with van der Waals surface area (Å²) in [7, 11) is 1.58. The van der Waals surface area contributed by atoms with Crippen LogP contribution in [0.1, 0.15) is 44.7 Å². The summed E-state index contributed by atoms with van der Waals surface area (Å²) in [5.74, 6) is -0.855. The minimum atomic E-state index is -0.730. The maximum atomic E-state index is 13.1. The van der Waals surface area contributed by atoms with Crippen LogP contribution in [0.5, 0.6) is 0 Å². The van der Waals surface area contributed by atoms with Gasteiger partial charge in [-0.2, -0.15) is 0 Å². The number of aromatic nitrogens is 1. The molecule has 3 heterocycles. The molecule has 1 aromatic heterocycles. The van der Waals surface area contributed by atoms with Crippen LogP contribution < -0.4 is 16.2 Å². The van der Waals surface area contributed by atoms with Crippen LogP contribution in [0.3, 0.4) is 0 Å². The van der Waals surface area contributed by atoms with E-state index in [1.165, 1.54) is 4.57 Å². The van der Waals surface area contributed by atoms with Gasteiger partial charge in [0.25, 0.3) is 17.4 Å². The number of pyridine rings is 1. The Morgan fingerprint density at radius 2 is 1.86 bits per heavy atom. The lowest BCUT2D eigenvalue weighted by Gasteiger charge is -2.30. The zero-order valence-electron chi connectivity index (χ0n) is 16.3. The van der Waals surface area contributed by atoms with Gasteiger partial charge in [0.2, 0.25) is 0 Å². The van der Waals surface area contributed by atoms with Crippen LogP contribution in [-0.4, -0.2) is 40.9 Å². The molecule has 1 fully saturated rings. The lowest BCUT2D eigenvalue weighted by Crippen LogP contribution is -2.40. The van der Waals surface area contributed by atoms with E-state index in [4.69, 9.17) is 17.3 Å². The number of anilines is 1. The van der Waals surface area contributed by atoms with E-state index in [2.05, 4.69) is 4.90 Å². The van der Waals surface area contributed by atoms with Crippen LogP contribution in [0, 0.1) is 0 Å². The monoisotopic (exact) mass is 414 g/mol. The quantitative estimate of drug-likeness (QED) is 0.831. The van der Waals surface area contributed by atoms with Crippen LogP contribution in [0.15, 0.2) is 29.2 Å². The first kappa shape index (κ1) is 19.5. The second-order valence-corrected chi connectivity index (χ2v) is 8.03. The molecule has 4 rings (SSSR count). The highest BCUT2D eigenvalue weighted by molar-refractivity contribution is 6.33. The van der Waals surface area contributed by atoms with Gasteiger partial charge in [-0.05, 0) is 48.6 Å². The molecule has 0 saturated carbocycles. The summed E-state index contributed by atoms with van der Waals surface area (Å²) in [4.78, 5) is 41.0. The molecule has 8 heteroatoms. The van der Waals surface area contributed by atoms with E-state index >= 15 is 0 Å². The van der Waals surface area contributed by atoms with Crippen molar-refractivity contribution in [3.8, 4) is 0 Å². The van der Waals surface area contributed by atoms with E-state index < -0.39 is 11.5 Å². The number of fused-ring (bicyclic) bond motifs is 1. The highest BCUT2D eigenvalue weighted by atomic mass is 35.5. The van der Waals surface area contributed by atoms with Crippen molar-refractivity contribution < 1.29 is 9.59 Å². The Kier molecular flexibility index (Phi) is 5.08. The summed E-state index contributed by atoms with van der Waals surface area (Å²) in [5.41, 5.74) is 7.95. The fourth-order valence-corrected chi connectivity index (χ4v) is 4.55. The summed E-state index contributed by atoms with van der Waals surface area (Å²) >= 11 is 6.47. The SMILES string of the molecule is Cn1cc2c(c(C(N)=O)c1=O)CCN(C(=O)c1ccc(N3CCCC3)c(Cl)c1)C2. The maximum Gasteiger partial charge on any atom is 0.263 e. The number of nitrogens with two attached hydrogens (primary N) is 1. The van der Waals surface area contributed by atoms with Crippen molar-refractivity contribution in [2.75, 3.05) is 24.5 Å². The van der Waals surface area contributed by atoms with Gasteiger partial charge in [-0.15, -0.1) is 0 Å². The molecule has 0 spiro atoms. The van der Waals surface area contributed by atoms with E-state index in [-0.39, 0.29) is 11.5 Å². The zero-order valence-corrected chi connectivity index (χ0v) is 17.0. The van der Waals surface area contributed by atoms with Crippen LogP contribution in [-0.2, 0) is 20.0 Å². The standard InChI is InChI=1S/C21H23ClN4O3/c1-24-11-14-12-26(9-6-15(14)18(19(23)27)21(24)29)20(28)13-4-5-17(16(22)10-13)25-7-2-3-8-25/h4-5,10-11H,2-3,6-9,12H2,1H3,(H2,23,27). The summed E-state index contributed by atoms with van der Waals surface area (Å²) in [6.07, 6.45) is 4.39. The Morgan fingerprint density at radius 1 is 1.14 bits per heavy atom. The second kappa shape index (κ2) is 7.55. The van der Waals surface area contributed by atoms with E-state index in [9.17, 15) is 14.4 Å². The average Bonchev–Trinajstić information content (AvgIpc) is 3.22. The number of carbonyl (C=O) groups excluding carboxylic acids is 2. The summed E-state index contributed by atoms with van der Waals surface area (Å²) in [6.45, 7) is 2.69. The third kappa shape index (κ3) is 3.51. The lowest BCUT2D eigenvalue weighted by molar-refractivity contribution is 0.0734. The first-order chi connectivity index (χ1) is 13.9. The van der Waals surface area contributed by atoms with Gasteiger partial charge in [0.1, 0.15) is 5.56 Å². The minimum absolute atomic E-state index is 0.0232. The van der Waals surface area contributed by atoms with Crippen molar-refractivity contribution in [1.82, 2.24) is 9.47 Å². The third-order valence-electron chi connectivity index (χ3n) is 5.74. The molecule has 2 aliphatic heterocycles. The topological polar surface area (TPSA) is 88.6 Å². The van der Waals surface area contributed by atoms with Crippen molar-refractivity contribution in [2.24, 2.45) is 12.8 Å². The molecule has 2 N–H and O–H groups in total. The zero-order chi connectivity index (χ0) is 20.7. The lowest BCUT2D eigenvalue weighted by atomic mass is 9.95. The van der Waals surface area contributed by atoms with Crippen molar-refractivity contribution in [3.63, 3.8) is 0 Å². The van der Waals surface area contributed by atoms with Crippen molar-refractivity contribution in [2.45, 2.75) is 25.8 Å². The molecule has 0 radical (unpaired) electrons. The maximum absolute atomic E-state index is 13.1. The fourth-order valence-electron chi connectivity index (χ4n) is 4.25. The molecular formula is C21H23ClN4O3. The largest absolute Gasteiger partial charge is 0.370 e. The van der Waals surface area contributed by atoms with E-state index in [0.717, 1.165) is 37.2 Å². The van der Waals surface area contributed by atoms with Crippen molar-refractivity contribution >= 4 is 29.1 Å². The average molecular weight is 415 g/mol. The predicted octanol–water partition coefficient (Wildman–Crippen LogP) is 1.94. The molecule has 0 unspecified atom stereocenters. The number of primary amides is 1. The number of halogens is 1. The molecular weight excluding hydrogens is 392 g/mol. The Morgan fingerprint density at radius 3 is 2.52 bits per heavy atom. The summed E-state index contributed by atoms with van der Waals surface area (Å²) in [5, 5.41) is 0.577. The molecule has 0 bridgehead atoms. The third-order valence-corrected chi connectivity index (χ3v) is 6.04.